The molecule has 144 valence electrons. The zero-order chi connectivity index (χ0) is 19.8. The smallest absolute Gasteiger partial charge is 0.274 e. The number of carbonyl (C=O) groups is 1. The molecule has 0 bridgehead atoms. The summed E-state index contributed by atoms with van der Waals surface area (Å²) in [4.78, 5) is 16.6. The van der Waals surface area contributed by atoms with Gasteiger partial charge in [0.2, 0.25) is 0 Å². The number of nitrogens with one attached hydrogen (secondary N) is 2. The SMILES string of the molecule is CCOc1ccc(NC(=O)c2cc(NCCc3ccccc3F)ccn2)cc1. The van der Waals surface area contributed by atoms with Gasteiger partial charge in [0, 0.05) is 24.1 Å². The summed E-state index contributed by atoms with van der Waals surface area (Å²) >= 11 is 0. The molecule has 0 saturated heterocycles. The van der Waals surface area contributed by atoms with Crippen LogP contribution in [0.2, 0.25) is 0 Å². The third-order valence-electron chi connectivity index (χ3n) is 4.10. The van der Waals surface area contributed by atoms with Crippen LogP contribution in [0.5, 0.6) is 5.75 Å². The second-order valence-corrected chi connectivity index (χ2v) is 6.11. The van der Waals surface area contributed by atoms with Crippen molar-refractivity contribution in [1.29, 1.82) is 0 Å². The monoisotopic (exact) mass is 379 g/mol. The van der Waals surface area contributed by atoms with Gasteiger partial charge in [0.15, 0.2) is 0 Å². The van der Waals surface area contributed by atoms with E-state index in [-0.39, 0.29) is 11.7 Å². The molecule has 1 heterocycles. The van der Waals surface area contributed by atoms with E-state index < -0.39 is 0 Å². The summed E-state index contributed by atoms with van der Waals surface area (Å²) in [6.07, 6.45) is 2.11. The molecule has 0 unspecified atom stereocenters. The van der Waals surface area contributed by atoms with Gasteiger partial charge >= 0.3 is 0 Å². The molecule has 3 aromatic rings. The fraction of sp³-hybridized carbons (Fsp3) is 0.182. The van der Waals surface area contributed by atoms with Crippen molar-refractivity contribution in [3.63, 3.8) is 0 Å². The molecule has 0 radical (unpaired) electrons. The van der Waals surface area contributed by atoms with Gasteiger partial charge in [0.05, 0.1) is 6.61 Å². The van der Waals surface area contributed by atoms with E-state index in [1.807, 2.05) is 13.0 Å². The third-order valence-corrected chi connectivity index (χ3v) is 4.10. The number of rotatable bonds is 8. The van der Waals surface area contributed by atoms with Crippen molar-refractivity contribution >= 4 is 17.3 Å². The minimum atomic E-state index is -0.304. The molecule has 6 heteroatoms. The van der Waals surface area contributed by atoms with Crippen LogP contribution in [-0.4, -0.2) is 24.0 Å². The van der Waals surface area contributed by atoms with Crippen molar-refractivity contribution in [3.8, 4) is 5.75 Å². The molecule has 0 spiro atoms. The molecule has 28 heavy (non-hydrogen) atoms. The largest absolute Gasteiger partial charge is 0.494 e. The van der Waals surface area contributed by atoms with Crippen molar-refractivity contribution < 1.29 is 13.9 Å². The lowest BCUT2D eigenvalue weighted by Gasteiger charge is -2.09. The Kier molecular flexibility index (Phi) is 6.57. The van der Waals surface area contributed by atoms with Crippen LogP contribution < -0.4 is 15.4 Å². The van der Waals surface area contributed by atoms with Crippen LogP contribution in [0.1, 0.15) is 23.0 Å². The van der Waals surface area contributed by atoms with Crippen molar-refractivity contribution in [3.05, 3.63) is 83.9 Å². The first-order valence-corrected chi connectivity index (χ1v) is 9.13. The van der Waals surface area contributed by atoms with E-state index >= 15 is 0 Å². The molecular weight excluding hydrogens is 357 g/mol. The predicted molar refractivity (Wildman–Crippen MR) is 108 cm³/mol. The zero-order valence-corrected chi connectivity index (χ0v) is 15.6. The lowest BCUT2D eigenvalue weighted by atomic mass is 10.1. The molecule has 0 aliphatic heterocycles. The molecule has 0 atom stereocenters. The van der Waals surface area contributed by atoms with Crippen LogP contribution in [0.3, 0.4) is 0 Å². The molecule has 3 rings (SSSR count). The number of hydrogen-bond acceptors (Lipinski definition) is 4. The van der Waals surface area contributed by atoms with Gasteiger partial charge in [0.1, 0.15) is 17.3 Å². The second kappa shape index (κ2) is 9.50. The lowest BCUT2D eigenvalue weighted by molar-refractivity contribution is 0.102. The van der Waals surface area contributed by atoms with Crippen molar-refractivity contribution in [1.82, 2.24) is 4.98 Å². The quantitative estimate of drug-likeness (QED) is 0.604. The number of benzene rings is 2. The normalized spacial score (nSPS) is 10.4. The number of halogens is 1. The lowest BCUT2D eigenvalue weighted by Crippen LogP contribution is -2.14. The summed E-state index contributed by atoms with van der Waals surface area (Å²) in [5.41, 5.74) is 2.36. The van der Waals surface area contributed by atoms with Gasteiger partial charge in [-0.1, -0.05) is 18.2 Å². The first kappa shape index (κ1) is 19.4. The van der Waals surface area contributed by atoms with Gasteiger partial charge in [-0.2, -0.15) is 0 Å². The molecule has 1 aromatic heterocycles. The molecule has 5 nitrogen and oxygen atoms in total. The maximum absolute atomic E-state index is 13.7. The fourth-order valence-electron chi connectivity index (χ4n) is 2.70. The minimum Gasteiger partial charge on any atom is -0.494 e. The van der Waals surface area contributed by atoms with E-state index in [0.717, 1.165) is 11.4 Å². The Hall–Kier alpha value is -3.41. The number of aromatic nitrogens is 1. The highest BCUT2D eigenvalue weighted by molar-refractivity contribution is 6.03. The first-order valence-electron chi connectivity index (χ1n) is 9.13. The van der Waals surface area contributed by atoms with Crippen LogP contribution >= 0.6 is 0 Å². The van der Waals surface area contributed by atoms with Crippen LogP contribution in [0.4, 0.5) is 15.8 Å². The summed E-state index contributed by atoms with van der Waals surface area (Å²) in [5, 5.41) is 6.01. The summed E-state index contributed by atoms with van der Waals surface area (Å²) in [7, 11) is 0. The fourth-order valence-corrected chi connectivity index (χ4v) is 2.70. The predicted octanol–water partition coefficient (Wildman–Crippen LogP) is 4.53. The molecule has 0 saturated carbocycles. The maximum Gasteiger partial charge on any atom is 0.274 e. The van der Waals surface area contributed by atoms with E-state index in [4.69, 9.17) is 4.74 Å². The standard InChI is InChI=1S/C22H22FN3O2/c1-2-28-19-9-7-17(8-10-19)26-22(27)21-15-18(12-14-25-21)24-13-11-16-5-3-4-6-20(16)23/h3-10,12,14-15H,2,11,13H2,1H3,(H,24,25)(H,26,27). The number of nitrogens with zero attached hydrogens (tertiary/aromatic N) is 1. The third kappa shape index (κ3) is 5.30. The highest BCUT2D eigenvalue weighted by atomic mass is 19.1. The van der Waals surface area contributed by atoms with E-state index in [1.165, 1.54) is 6.07 Å². The van der Waals surface area contributed by atoms with Gasteiger partial charge in [-0.15, -0.1) is 0 Å². The highest BCUT2D eigenvalue weighted by Crippen LogP contribution is 2.17. The average Bonchev–Trinajstić information content (AvgIpc) is 2.71. The van der Waals surface area contributed by atoms with Crippen LogP contribution in [0.15, 0.2) is 66.9 Å². The van der Waals surface area contributed by atoms with Gasteiger partial charge < -0.3 is 15.4 Å². The Morgan fingerprint density at radius 2 is 1.86 bits per heavy atom. The summed E-state index contributed by atoms with van der Waals surface area (Å²) < 4.78 is 19.0. The topological polar surface area (TPSA) is 63.2 Å². The Morgan fingerprint density at radius 3 is 2.61 bits per heavy atom. The van der Waals surface area contributed by atoms with Gasteiger partial charge in [-0.25, -0.2) is 4.39 Å². The van der Waals surface area contributed by atoms with E-state index in [9.17, 15) is 9.18 Å². The Bertz CT molecular complexity index is 929. The second-order valence-electron chi connectivity index (χ2n) is 6.11. The molecule has 2 N–H and O–H groups in total. The van der Waals surface area contributed by atoms with Crippen LogP contribution in [0, 0.1) is 5.82 Å². The summed E-state index contributed by atoms with van der Waals surface area (Å²) in [5.74, 6) is 0.232. The Morgan fingerprint density at radius 1 is 1.07 bits per heavy atom. The maximum atomic E-state index is 13.7. The number of ether oxygens (including phenoxy) is 1. The molecule has 1 amide bonds. The average molecular weight is 379 g/mol. The molecule has 0 fully saturated rings. The van der Waals surface area contributed by atoms with Crippen LogP contribution in [0.25, 0.3) is 0 Å². The van der Waals surface area contributed by atoms with Crippen molar-refractivity contribution in [2.75, 3.05) is 23.8 Å². The molecule has 0 aliphatic carbocycles. The molecule has 2 aromatic carbocycles. The Balaban J connectivity index is 1.57. The first-order chi connectivity index (χ1) is 13.7. The van der Waals surface area contributed by atoms with Crippen molar-refractivity contribution in [2.45, 2.75) is 13.3 Å². The van der Waals surface area contributed by atoms with Gasteiger partial charge in [-0.3, -0.25) is 9.78 Å². The van der Waals surface area contributed by atoms with Crippen LogP contribution in [-0.2, 0) is 6.42 Å². The van der Waals surface area contributed by atoms with E-state index in [0.29, 0.717) is 36.5 Å². The van der Waals surface area contributed by atoms with E-state index in [2.05, 4.69) is 15.6 Å². The number of pyridine rings is 1. The number of anilines is 2. The van der Waals surface area contributed by atoms with E-state index in [1.54, 1.807) is 54.7 Å². The van der Waals surface area contributed by atoms with Gasteiger partial charge in [0.25, 0.3) is 5.91 Å². The minimum absolute atomic E-state index is 0.213. The molecule has 0 aliphatic rings. The van der Waals surface area contributed by atoms with Crippen molar-refractivity contribution in [2.24, 2.45) is 0 Å². The Labute approximate surface area is 163 Å². The summed E-state index contributed by atoms with van der Waals surface area (Å²) in [6.45, 7) is 3.05. The number of hydrogen-bond donors (Lipinski definition) is 2. The molecular formula is C22H22FN3O2. The van der Waals surface area contributed by atoms with Gasteiger partial charge in [-0.05, 0) is 61.4 Å². The highest BCUT2D eigenvalue weighted by Gasteiger charge is 2.09. The number of carbonyl (C=O) groups excluding carboxylic acids is 1. The zero-order valence-electron chi connectivity index (χ0n) is 15.6. The summed E-state index contributed by atoms with van der Waals surface area (Å²) in [6, 6.07) is 17.3. The number of amides is 1.